The highest BCUT2D eigenvalue weighted by Gasteiger charge is 2.15. The van der Waals surface area contributed by atoms with Crippen molar-refractivity contribution >= 4 is 22.9 Å². The molecule has 25 heavy (non-hydrogen) atoms. The van der Waals surface area contributed by atoms with Crippen LogP contribution in [0.5, 0.6) is 0 Å². The Morgan fingerprint density at radius 3 is 2.52 bits per heavy atom. The average molecular weight is 334 g/mol. The molecule has 1 aromatic heterocycles. The molecule has 1 N–H and O–H groups in total. The highest BCUT2D eigenvalue weighted by molar-refractivity contribution is 6.04. The first-order chi connectivity index (χ1) is 12.2. The van der Waals surface area contributed by atoms with Gasteiger partial charge in [-0.15, -0.1) is 0 Å². The van der Waals surface area contributed by atoms with Gasteiger partial charge in [0.1, 0.15) is 0 Å². The zero-order chi connectivity index (χ0) is 17.6. The maximum atomic E-state index is 12.5. The fraction of sp³-hybridized carbons (Fsp3) is 0.158. The number of hydrazone groups is 1. The number of nitrogens with zero attached hydrogens (tertiary/aromatic N) is 3. The van der Waals surface area contributed by atoms with E-state index in [0.717, 1.165) is 12.0 Å². The molecule has 2 aromatic carbocycles. The molecule has 0 aliphatic rings. The van der Waals surface area contributed by atoms with Crippen molar-refractivity contribution in [3.63, 3.8) is 0 Å². The second kappa shape index (κ2) is 7.53. The average Bonchev–Trinajstić information content (AvgIpc) is 2.65. The number of carbonyl (C=O) groups is 1. The number of hydrogen-bond acceptors (Lipinski definition) is 4. The molecule has 126 valence electrons. The van der Waals surface area contributed by atoms with Gasteiger partial charge in [-0.1, -0.05) is 55.5 Å². The van der Waals surface area contributed by atoms with Crippen LogP contribution >= 0.6 is 0 Å². The van der Waals surface area contributed by atoms with Crippen molar-refractivity contribution in [2.24, 2.45) is 5.10 Å². The smallest absolute Gasteiger partial charge is 0.267 e. The molecule has 0 saturated carbocycles. The molecule has 6 heteroatoms. The molecular weight excluding hydrogens is 316 g/mol. The van der Waals surface area contributed by atoms with Gasteiger partial charge in [0, 0.05) is 11.9 Å². The number of carbonyl (C=O) groups excluding carboxylic acids is 1. The highest BCUT2D eigenvalue weighted by Crippen LogP contribution is 2.13. The van der Waals surface area contributed by atoms with Crippen molar-refractivity contribution in [3.05, 3.63) is 76.2 Å². The van der Waals surface area contributed by atoms with Gasteiger partial charge in [-0.25, -0.2) is 10.1 Å². The van der Waals surface area contributed by atoms with Gasteiger partial charge in [-0.05, 0) is 18.1 Å². The first kappa shape index (κ1) is 16.6. The number of fused-ring (bicyclic) bond motifs is 1. The first-order valence-corrected chi connectivity index (χ1v) is 8.09. The minimum Gasteiger partial charge on any atom is -0.267 e. The molecule has 3 rings (SSSR count). The van der Waals surface area contributed by atoms with Crippen LogP contribution in [-0.4, -0.2) is 21.9 Å². The standard InChI is InChI=1S/C19H18N4O2/c1-2-12-23-19(25)16-11-7-6-10-15(16)17(22-23)18(24)21-20-13-14-8-4-3-5-9-14/h3-11,13H,2,12H2,1H3,(H,21,24)/b20-13-. The van der Waals surface area contributed by atoms with Gasteiger partial charge in [-0.3, -0.25) is 9.59 Å². The van der Waals surface area contributed by atoms with Gasteiger partial charge in [0.15, 0.2) is 5.69 Å². The molecule has 0 spiro atoms. The fourth-order valence-corrected chi connectivity index (χ4v) is 2.52. The summed E-state index contributed by atoms with van der Waals surface area (Å²) in [6.45, 7) is 2.41. The Bertz CT molecular complexity index is 978. The normalized spacial score (nSPS) is 11.1. The number of benzene rings is 2. The Morgan fingerprint density at radius 2 is 1.80 bits per heavy atom. The number of nitrogens with one attached hydrogen (secondary N) is 1. The third kappa shape index (κ3) is 3.63. The van der Waals surface area contributed by atoms with Gasteiger partial charge < -0.3 is 0 Å². The molecule has 0 radical (unpaired) electrons. The van der Waals surface area contributed by atoms with E-state index >= 15 is 0 Å². The van der Waals surface area contributed by atoms with Gasteiger partial charge in [0.2, 0.25) is 0 Å². The molecule has 0 unspecified atom stereocenters. The van der Waals surface area contributed by atoms with E-state index in [2.05, 4.69) is 15.6 Å². The first-order valence-electron chi connectivity index (χ1n) is 8.09. The maximum Gasteiger partial charge on any atom is 0.292 e. The monoisotopic (exact) mass is 334 g/mol. The van der Waals surface area contributed by atoms with E-state index in [1.807, 2.05) is 37.3 Å². The third-order valence-electron chi connectivity index (χ3n) is 3.70. The van der Waals surface area contributed by atoms with E-state index in [0.29, 0.717) is 17.3 Å². The van der Waals surface area contributed by atoms with E-state index in [9.17, 15) is 9.59 Å². The van der Waals surface area contributed by atoms with Gasteiger partial charge >= 0.3 is 0 Å². The summed E-state index contributed by atoms with van der Waals surface area (Å²) in [5, 5.41) is 9.20. The largest absolute Gasteiger partial charge is 0.292 e. The van der Waals surface area contributed by atoms with E-state index in [-0.39, 0.29) is 11.3 Å². The number of aryl methyl sites for hydroxylation is 1. The molecule has 6 nitrogen and oxygen atoms in total. The molecule has 0 aliphatic carbocycles. The molecule has 1 amide bonds. The lowest BCUT2D eigenvalue weighted by atomic mass is 10.1. The molecule has 0 aliphatic heterocycles. The van der Waals surface area contributed by atoms with Gasteiger partial charge in [0.05, 0.1) is 11.6 Å². The molecule has 0 atom stereocenters. The van der Waals surface area contributed by atoms with Crippen molar-refractivity contribution in [1.82, 2.24) is 15.2 Å². The van der Waals surface area contributed by atoms with Crippen LogP contribution in [0.15, 0.2) is 64.5 Å². The molecule has 1 heterocycles. The van der Waals surface area contributed by atoms with Gasteiger partial charge in [0.25, 0.3) is 11.5 Å². The summed E-state index contributed by atoms with van der Waals surface area (Å²) in [7, 11) is 0. The van der Waals surface area contributed by atoms with Crippen LogP contribution in [0, 0.1) is 0 Å². The summed E-state index contributed by atoms with van der Waals surface area (Å²) >= 11 is 0. The molecular formula is C19H18N4O2. The van der Waals surface area contributed by atoms with Crippen LogP contribution in [-0.2, 0) is 6.54 Å². The number of rotatable bonds is 5. The Labute approximate surface area is 144 Å². The summed E-state index contributed by atoms with van der Waals surface area (Å²) < 4.78 is 1.33. The summed E-state index contributed by atoms with van der Waals surface area (Å²) in [6.07, 6.45) is 2.31. The maximum absolute atomic E-state index is 12.5. The number of hydrogen-bond donors (Lipinski definition) is 1. The second-order valence-corrected chi connectivity index (χ2v) is 5.53. The highest BCUT2D eigenvalue weighted by atomic mass is 16.2. The Hall–Kier alpha value is -3.28. The van der Waals surface area contributed by atoms with Crippen molar-refractivity contribution < 1.29 is 4.79 Å². The second-order valence-electron chi connectivity index (χ2n) is 5.53. The van der Waals surface area contributed by atoms with Gasteiger partial charge in [-0.2, -0.15) is 10.2 Å². The summed E-state index contributed by atoms with van der Waals surface area (Å²) in [5.74, 6) is -0.451. The summed E-state index contributed by atoms with van der Waals surface area (Å²) in [5.41, 5.74) is 3.35. The van der Waals surface area contributed by atoms with Crippen LogP contribution in [0.4, 0.5) is 0 Å². The zero-order valence-electron chi connectivity index (χ0n) is 13.8. The lowest BCUT2D eigenvalue weighted by Gasteiger charge is -2.09. The van der Waals surface area contributed by atoms with E-state index in [4.69, 9.17) is 0 Å². The van der Waals surface area contributed by atoms with Crippen LogP contribution in [0.2, 0.25) is 0 Å². The predicted molar refractivity (Wildman–Crippen MR) is 97.8 cm³/mol. The molecule has 0 bridgehead atoms. The third-order valence-corrected chi connectivity index (χ3v) is 3.70. The molecule has 0 saturated heterocycles. The van der Waals surface area contributed by atoms with Crippen LogP contribution in [0.25, 0.3) is 10.8 Å². The van der Waals surface area contributed by atoms with Crippen molar-refractivity contribution in [2.45, 2.75) is 19.9 Å². The Morgan fingerprint density at radius 1 is 1.12 bits per heavy atom. The van der Waals surface area contributed by atoms with Crippen molar-refractivity contribution in [3.8, 4) is 0 Å². The zero-order valence-corrected chi connectivity index (χ0v) is 13.8. The lowest BCUT2D eigenvalue weighted by molar-refractivity contribution is 0.0949. The van der Waals surface area contributed by atoms with Crippen molar-refractivity contribution in [1.29, 1.82) is 0 Å². The summed E-state index contributed by atoms with van der Waals surface area (Å²) in [6, 6.07) is 16.4. The van der Waals surface area contributed by atoms with E-state index in [1.165, 1.54) is 4.68 Å². The SMILES string of the molecule is CCCn1nc(C(=O)N/N=C\c2ccccc2)c2ccccc2c1=O. The minimum atomic E-state index is -0.451. The predicted octanol–water partition coefficient (Wildman–Crippen LogP) is 2.57. The van der Waals surface area contributed by atoms with Crippen LogP contribution in [0.1, 0.15) is 29.4 Å². The number of amides is 1. The quantitative estimate of drug-likeness (QED) is 0.575. The summed E-state index contributed by atoms with van der Waals surface area (Å²) in [4.78, 5) is 24.9. The number of aromatic nitrogens is 2. The van der Waals surface area contributed by atoms with E-state index in [1.54, 1.807) is 30.5 Å². The Kier molecular flexibility index (Phi) is 4.99. The van der Waals surface area contributed by atoms with Crippen molar-refractivity contribution in [2.75, 3.05) is 0 Å². The Balaban J connectivity index is 1.94. The topological polar surface area (TPSA) is 76.3 Å². The van der Waals surface area contributed by atoms with E-state index < -0.39 is 5.91 Å². The molecule has 3 aromatic rings. The van der Waals surface area contributed by atoms with Crippen LogP contribution < -0.4 is 11.0 Å². The lowest BCUT2D eigenvalue weighted by Crippen LogP contribution is -2.29. The minimum absolute atomic E-state index is 0.189. The molecule has 0 fully saturated rings. The van der Waals surface area contributed by atoms with Crippen LogP contribution in [0.3, 0.4) is 0 Å². The fourth-order valence-electron chi connectivity index (χ4n) is 2.52.